The van der Waals surface area contributed by atoms with E-state index >= 15 is 0 Å². The molecule has 0 saturated carbocycles. The third kappa shape index (κ3) is 4.74. The molecule has 29 heavy (non-hydrogen) atoms. The lowest BCUT2D eigenvalue weighted by atomic mass is 10.1. The predicted molar refractivity (Wildman–Crippen MR) is 109 cm³/mol. The number of methoxy groups -OCH3 is 4. The number of carbonyl (C=O) groups is 1. The van der Waals surface area contributed by atoms with Gasteiger partial charge in [0.2, 0.25) is 0 Å². The number of amides is 1. The van der Waals surface area contributed by atoms with Crippen LogP contribution in [0.3, 0.4) is 0 Å². The number of carbonyl (C=O) groups excluding carboxylic acids is 1. The van der Waals surface area contributed by atoms with Crippen molar-refractivity contribution in [3.63, 3.8) is 0 Å². The smallest absolute Gasteiger partial charge is 0.254 e. The molecule has 7 heteroatoms. The Bertz CT molecular complexity index is 825. The molecule has 3 rings (SSSR count). The lowest BCUT2D eigenvalue weighted by Crippen LogP contribution is -3.13. The average molecular weight is 401 g/mol. The lowest BCUT2D eigenvalue weighted by molar-refractivity contribution is -0.917. The van der Waals surface area contributed by atoms with Gasteiger partial charge in [-0.1, -0.05) is 6.07 Å². The minimum absolute atomic E-state index is 0.000195. The van der Waals surface area contributed by atoms with Gasteiger partial charge in [0.15, 0.2) is 11.5 Å². The van der Waals surface area contributed by atoms with Crippen molar-refractivity contribution < 1.29 is 28.6 Å². The highest BCUT2D eigenvalue weighted by molar-refractivity contribution is 5.95. The van der Waals surface area contributed by atoms with Gasteiger partial charge in [0.05, 0.1) is 60.2 Å². The molecule has 2 aromatic carbocycles. The van der Waals surface area contributed by atoms with Crippen molar-refractivity contribution in [2.24, 2.45) is 0 Å². The molecule has 0 aromatic heterocycles. The van der Waals surface area contributed by atoms with Crippen LogP contribution in [0.15, 0.2) is 36.4 Å². The number of nitrogens with one attached hydrogen (secondary N) is 1. The summed E-state index contributed by atoms with van der Waals surface area (Å²) in [6.07, 6.45) is 0. The van der Waals surface area contributed by atoms with Crippen molar-refractivity contribution in [2.45, 2.75) is 6.54 Å². The molecule has 1 aliphatic heterocycles. The number of nitrogens with zero attached hydrogens (tertiary/aromatic N) is 1. The predicted octanol–water partition coefficient (Wildman–Crippen LogP) is 1.26. The normalized spacial score (nSPS) is 14.4. The van der Waals surface area contributed by atoms with Crippen LogP contribution < -0.4 is 23.8 Å². The minimum Gasteiger partial charge on any atom is -0.497 e. The summed E-state index contributed by atoms with van der Waals surface area (Å²) in [6.45, 7) is 3.95. The first-order chi connectivity index (χ1) is 14.1. The standard InChI is InChI=1S/C22H28N2O5/c1-26-18-12-17(13-19(14-18)27-2)22(25)24-10-8-23(9-11-24)15-16-6-5-7-20(28-3)21(16)29-4/h5-7,12-14H,8-11,15H2,1-4H3/p+1. The van der Waals surface area contributed by atoms with Crippen LogP contribution in [0.5, 0.6) is 23.0 Å². The molecule has 1 amide bonds. The maximum atomic E-state index is 13.0. The van der Waals surface area contributed by atoms with E-state index in [-0.39, 0.29) is 5.91 Å². The quantitative estimate of drug-likeness (QED) is 0.757. The van der Waals surface area contributed by atoms with E-state index in [1.54, 1.807) is 46.6 Å². The van der Waals surface area contributed by atoms with Gasteiger partial charge in [0, 0.05) is 11.6 Å². The van der Waals surface area contributed by atoms with E-state index in [1.807, 2.05) is 17.0 Å². The van der Waals surface area contributed by atoms with Crippen LogP contribution >= 0.6 is 0 Å². The fourth-order valence-electron chi connectivity index (χ4n) is 3.68. The summed E-state index contributed by atoms with van der Waals surface area (Å²) in [5.74, 6) is 2.75. The van der Waals surface area contributed by atoms with E-state index in [0.717, 1.165) is 36.7 Å². The summed E-state index contributed by atoms with van der Waals surface area (Å²) in [6, 6.07) is 11.2. The van der Waals surface area contributed by atoms with E-state index in [2.05, 4.69) is 6.07 Å². The summed E-state index contributed by atoms with van der Waals surface area (Å²) in [7, 11) is 6.47. The van der Waals surface area contributed by atoms with Crippen molar-refractivity contribution in [2.75, 3.05) is 54.6 Å². The van der Waals surface area contributed by atoms with Crippen LogP contribution in [0, 0.1) is 0 Å². The SMILES string of the molecule is COc1cc(OC)cc(C(=O)N2CC[NH+](Cc3cccc(OC)c3OC)CC2)c1. The topological polar surface area (TPSA) is 61.7 Å². The number of benzene rings is 2. The van der Waals surface area contributed by atoms with Gasteiger partial charge in [-0.2, -0.15) is 0 Å². The molecule has 1 saturated heterocycles. The molecular formula is C22H29N2O5+. The third-order valence-electron chi connectivity index (χ3n) is 5.28. The molecule has 1 aliphatic rings. The van der Waals surface area contributed by atoms with Crippen molar-refractivity contribution in [3.8, 4) is 23.0 Å². The number of para-hydroxylation sites is 1. The molecule has 1 N–H and O–H groups in total. The zero-order chi connectivity index (χ0) is 20.8. The van der Waals surface area contributed by atoms with Gasteiger partial charge < -0.3 is 28.7 Å². The number of rotatable bonds is 7. The molecular weight excluding hydrogens is 372 g/mol. The van der Waals surface area contributed by atoms with Crippen LogP contribution in [0.2, 0.25) is 0 Å². The van der Waals surface area contributed by atoms with Crippen LogP contribution in [-0.4, -0.2) is 65.4 Å². The van der Waals surface area contributed by atoms with E-state index in [4.69, 9.17) is 18.9 Å². The van der Waals surface area contributed by atoms with Crippen LogP contribution in [0.4, 0.5) is 0 Å². The van der Waals surface area contributed by atoms with Gasteiger partial charge in [-0.25, -0.2) is 0 Å². The Morgan fingerprint density at radius 1 is 0.931 bits per heavy atom. The van der Waals surface area contributed by atoms with Crippen LogP contribution in [0.25, 0.3) is 0 Å². The maximum absolute atomic E-state index is 13.0. The lowest BCUT2D eigenvalue weighted by Gasteiger charge is -2.32. The van der Waals surface area contributed by atoms with Crippen molar-refractivity contribution >= 4 is 5.91 Å². The molecule has 0 spiro atoms. The van der Waals surface area contributed by atoms with Crippen molar-refractivity contribution in [1.82, 2.24) is 4.90 Å². The Balaban J connectivity index is 1.65. The Morgan fingerprint density at radius 2 is 1.59 bits per heavy atom. The number of piperazine rings is 1. The van der Waals surface area contributed by atoms with Gasteiger partial charge in [0.1, 0.15) is 18.0 Å². The fraction of sp³-hybridized carbons (Fsp3) is 0.409. The van der Waals surface area contributed by atoms with E-state index in [9.17, 15) is 4.79 Å². The second kappa shape index (κ2) is 9.52. The maximum Gasteiger partial charge on any atom is 0.254 e. The summed E-state index contributed by atoms with van der Waals surface area (Å²) >= 11 is 0. The third-order valence-corrected chi connectivity index (χ3v) is 5.28. The van der Waals surface area contributed by atoms with E-state index in [0.29, 0.717) is 30.2 Å². The minimum atomic E-state index is 0.000195. The van der Waals surface area contributed by atoms with Crippen LogP contribution in [-0.2, 0) is 6.54 Å². The highest BCUT2D eigenvalue weighted by atomic mass is 16.5. The number of ether oxygens (including phenoxy) is 4. The first kappa shape index (κ1) is 20.8. The molecule has 1 heterocycles. The molecule has 0 atom stereocenters. The second-order valence-electron chi connectivity index (χ2n) is 6.97. The zero-order valence-electron chi connectivity index (χ0n) is 17.5. The van der Waals surface area contributed by atoms with Crippen LogP contribution in [0.1, 0.15) is 15.9 Å². The summed E-state index contributed by atoms with van der Waals surface area (Å²) in [5.41, 5.74) is 1.69. The summed E-state index contributed by atoms with van der Waals surface area (Å²) in [4.78, 5) is 16.2. The highest BCUT2D eigenvalue weighted by Crippen LogP contribution is 2.30. The zero-order valence-corrected chi connectivity index (χ0v) is 17.5. The molecule has 2 aromatic rings. The molecule has 7 nitrogen and oxygen atoms in total. The summed E-state index contributed by atoms with van der Waals surface area (Å²) in [5, 5.41) is 0. The first-order valence-corrected chi connectivity index (χ1v) is 9.65. The number of quaternary nitrogens is 1. The summed E-state index contributed by atoms with van der Waals surface area (Å²) < 4.78 is 21.5. The Hall–Kier alpha value is -2.93. The monoisotopic (exact) mass is 401 g/mol. The first-order valence-electron chi connectivity index (χ1n) is 9.65. The number of hydrogen-bond donors (Lipinski definition) is 1. The van der Waals surface area contributed by atoms with Crippen molar-refractivity contribution in [3.05, 3.63) is 47.5 Å². The van der Waals surface area contributed by atoms with Gasteiger partial charge in [-0.3, -0.25) is 4.79 Å². The van der Waals surface area contributed by atoms with E-state index < -0.39 is 0 Å². The average Bonchev–Trinajstić information content (AvgIpc) is 2.78. The molecule has 0 unspecified atom stereocenters. The van der Waals surface area contributed by atoms with Gasteiger partial charge >= 0.3 is 0 Å². The van der Waals surface area contributed by atoms with Gasteiger partial charge in [-0.05, 0) is 24.3 Å². The molecule has 0 aliphatic carbocycles. The Kier molecular flexibility index (Phi) is 6.82. The molecule has 1 fully saturated rings. The van der Waals surface area contributed by atoms with Gasteiger partial charge in [0.25, 0.3) is 5.91 Å². The second-order valence-corrected chi connectivity index (χ2v) is 6.97. The number of hydrogen-bond acceptors (Lipinski definition) is 5. The van der Waals surface area contributed by atoms with E-state index in [1.165, 1.54) is 4.90 Å². The van der Waals surface area contributed by atoms with Crippen molar-refractivity contribution in [1.29, 1.82) is 0 Å². The largest absolute Gasteiger partial charge is 0.497 e. The Morgan fingerprint density at radius 3 is 2.14 bits per heavy atom. The fourth-order valence-corrected chi connectivity index (χ4v) is 3.68. The van der Waals surface area contributed by atoms with Gasteiger partial charge in [-0.15, -0.1) is 0 Å². The highest BCUT2D eigenvalue weighted by Gasteiger charge is 2.26. The Labute approximate surface area is 171 Å². The molecule has 0 radical (unpaired) electrons. The molecule has 0 bridgehead atoms. The molecule has 156 valence electrons.